The maximum atomic E-state index is 12.0. The second-order valence-electron chi connectivity index (χ2n) is 5.93. The first kappa shape index (κ1) is 12.2. The van der Waals surface area contributed by atoms with Crippen LogP contribution in [0.1, 0.15) is 56.8 Å². The largest absolute Gasteiger partial charge is 0.349 e. The van der Waals surface area contributed by atoms with Gasteiger partial charge in [0.05, 0.1) is 5.56 Å². The van der Waals surface area contributed by atoms with Crippen molar-refractivity contribution in [3.8, 4) is 0 Å². The van der Waals surface area contributed by atoms with Crippen molar-refractivity contribution < 1.29 is 4.79 Å². The summed E-state index contributed by atoms with van der Waals surface area (Å²) in [5.74, 6) is 0.0694. The lowest BCUT2D eigenvalue weighted by Crippen LogP contribution is -2.32. The molecular formula is C14H22N2O. The van der Waals surface area contributed by atoms with E-state index < -0.39 is 0 Å². The average molecular weight is 234 g/mol. The van der Waals surface area contributed by atoms with Crippen LogP contribution in [0, 0.1) is 0 Å². The third-order valence-electron chi connectivity index (χ3n) is 3.42. The van der Waals surface area contributed by atoms with Crippen LogP contribution < -0.4 is 5.32 Å². The van der Waals surface area contributed by atoms with Gasteiger partial charge in [0.1, 0.15) is 0 Å². The van der Waals surface area contributed by atoms with E-state index in [0.29, 0.717) is 6.04 Å². The molecule has 0 aromatic carbocycles. The van der Waals surface area contributed by atoms with Gasteiger partial charge in [0.15, 0.2) is 0 Å². The number of hydrogen-bond acceptors (Lipinski definition) is 1. The van der Waals surface area contributed by atoms with Gasteiger partial charge < -0.3 is 9.88 Å². The Balaban J connectivity index is 2.01. The van der Waals surface area contributed by atoms with Crippen LogP contribution in [-0.2, 0) is 5.54 Å². The summed E-state index contributed by atoms with van der Waals surface area (Å²) >= 11 is 0. The van der Waals surface area contributed by atoms with Crippen molar-refractivity contribution in [1.29, 1.82) is 0 Å². The molecule has 3 nitrogen and oxygen atoms in total. The van der Waals surface area contributed by atoms with Crippen molar-refractivity contribution in [2.24, 2.45) is 0 Å². The maximum Gasteiger partial charge on any atom is 0.253 e. The molecule has 0 radical (unpaired) electrons. The lowest BCUT2D eigenvalue weighted by Gasteiger charge is -2.20. The predicted octanol–water partition coefficient (Wildman–Crippen LogP) is 2.92. The van der Waals surface area contributed by atoms with Crippen molar-refractivity contribution in [3.63, 3.8) is 0 Å². The van der Waals surface area contributed by atoms with E-state index in [1.165, 1.54) is 12.8 Å². The highest BCUT2D eigenvalue weighted by molar-refractivity contribution is 5.94. The molecule has 0 atom stereocenters. The summed E-state index contributed by atoms with van der Waals surface area (Å²) in [5, 5.41) is 3.11. The van der Waals surface area contributed by atoms with Crippen LogP contribution in [0.4, 0.5) is 0 Å². The van der Waals surface area contributed by atoms with Crippen LogP contribution in [0.15, 0.2) is 18.5 Å². The second kappa shape index (κ2) is 4.55. The highest BCUT2D eigenvalue weighted by Crippen LogP contribution is 2.19. The van der Waals surface area contributed by atoms with Gasteiger partial charge in [-0.05, 0) is 39.7 Å². The SMILES string of the molecule is CC(C)(C)n1ccc(C(=O)NC2CCCC2)c1. The summed E-state index contributed by atoms with van der Waals surface area (Å²) in [5.41, 5.74) is 0.804. The summed E-state index contributed by atoms with van der Waals surface area (Å²) in [6.07, 6.45) is 8.66. The zero-order chi connectivity index (χ0) is 12.5. The molecule has 1 heterocycles. The van der Waals surface area contributed by atoms with Gasteiger partial charge in [0.2, 0.25) is 0 Å². The first-order valence-corrected chi connectivity index (χ1v) is 6.46. The molecule has 1 aliphatic carbocycles. The van der Waals surface area contributed by atoms with Crippen molar-refractivity contribution in [2.75, 3.05) is 0 Å². The average Bonchev–Trinajstić information content (AvgIpc) is 2.85. The molecule has 17 heavy (non-hydrogen) atoms. The van der Waals surface area contributed by atoms with Gasteiger partial charge in [0.25, 0.3) is 5.91 Å². The first-order chi connectivity index (χ1) is 7.97. The van der Waals surface area contributed by atoms with Crippen LogP contribution in [0.25, 0.3) is 0 Å². The molecule has 1 aromatic rings. The molecular weight excluding hydrogens is 212 g/mol. The third kappa shape index (κ3) is 2.90. The molecule has 0 bridgehead atoms. The normalized spacial score (nSPS) is 17.4. The van der Waals surface area contributed by atoms with Gasteiger partial charge in [-0.2, -0.15) is 0 Å². The van der Waals surface area contributed by atoms with E-state index >= 15 is 0 Å². The van der Waals surface area contributed by atoms with Crippen molar-refractivity contribution >= 4 is 5.91 Å². The number of carbonyl (C=O) groups is 1. The summed E-state index contributed by atoms with van der Waals surface area (Å²) < 4.78 is 2.08. The van der Waals surface area contributed by atoms with Crippen LogP contribution in [0.3, 0.4) is 0 Å². The predicted molar refractivity (Wildman–Crippen MR) is 69.2 cm³/mol. The Morgan fingerprint density at radius 2 is 2.00 bits per heavy atom. The van der Waals surface area contributed by atoms with E-state index in [2.05, 4.69) is 30.7 Å². The quantitative estimate of drug-likeness (QED) is 0.838. The minimum absolute atomic E-state index is 0.0336. The van der Waals surface area contributed by atoms with Gasteiger partial charge in [-0.25, -0.2) is 0 Å². The minimum atomic E-state index is 0.0336. The highest BCUT2D eigenvalue weighted by atomic mass is 16.1. The molecule has 0 unspecified atom stereocenters. The Hall–Kier alpha value is -1.25. The van der Waals surface area contributed by atoms with Gasteiger partial charge in [-0.3, -0.25) is 4.79 Å². The standard InChI is InChI=1S/C14H22N2O/c1-14(2,3)16-9-8-11(10-16)13(17)15-12-6-4-5-7-12/h8-10,12H,4-7H2,1-3H3,(H,15,17). The van der Waals surface area contributed by atoms with E-state index in [1.54, 1.807) is 0 Å². The summed E-state index contributed by atoms with van der Waals surface area (Å²) in [7, 11) is 0. The summed E-state index contributed by atoms with van der Waals surface area (Å²) in [6, 6.07) is 2.29. The number of hydrogen-bond donors (Lipinski definition) is 1. The van der Waals surface area contributed by atoms with Crippen molar-refractivity contribution in [3.05, 3.63) is 24.0 Å². The molecule has 0 aliphatic heterocycles. The molecule has 94 valence electrons. The van der Waals surface area contributed by atoms with Gasteiger partial charge in [0, 0.05) is 24.0 Å². The maximum absolute atomic E-state index is 12.0. The van der Waals surface area contributed by atoms with E-state index in [0.717, 1.165) is 18.4 Å². The highest BCUT2D eigenvalue weighted by Gasteiger charge is 2.19. The smallest absolute Gasteiger partial charge is 0.253 e. The fourth-order valence-corrected chi connectivity index (χ4v) is 2.29. The fraction of sp³-hybridized carbons (Fsp3) is 0.643. The van der Waals surface area contributed by atoms with Crippen molar-refractivity contribution in [1.82, 2.24) is 9.88 Å². The Kier molecular flexibility index (Phi) is 3.27. The van der Waals surface area contributed by atoms with Crippen molar-refractivity contribution in [2.45, 2.75) is 58.0 Å². The molecule has 1 N–H and O–H groups in total. The Labute approximate surface area is 103 Å². The molecule has 0 spiro atoms. The molecule has 3 heteroatoms. The lowest BCUT2D eigenvalue weighted by atomic mass is 10.1. The van der Waals surface area contributed by atoms with Gasteiger partial charge in [-0.15, -0.1) is 0 Å². The molecule has 1 amide bonds. The van der Waals surface area contributed by atoms with E-state index in [4.69, 9.17) is 0 Å². The zero-order valence-corrected chi connectivity index (χ0v) is 11.0. The number of aromatic nitrogens is 1. The Morgan fingerprint density at radius 1 is 1.35 bits per heavy atom. The van der Waals surface area contributed by atoms with Gasteiger partial charge >= 0.3 is 0 Å². The number of nitrogens with one attached hydrogen (secondary N) is 1. The van der Waals surface area contributed by atoms with Crippen LogP contribution in [0.2, 0.25) is 0 Å². The minimum Gasteiger partial charge on any atom is -0.349 e. The topological polar surface area (TPSA) is 34.0 Å². The van der Waals surface area contributed by atoms with E-state index in [1.807, 2.05) is 18.5 Å². The number of amides is 1. The van der Waals surface area contributed by atoms with Crippen LogP contribution in [-0.4, -0.2) is 16.5 Å². The van der Waals surface area contributed by atoms with E-state index in [-0.39, 0.29) is 11.4 Å². The number of rotatable bonds is 2. The molecule has 1 aliphatic rings. The molecule has 0 saturated heterocycles. The summed E-state index contributed by atoms with van der Waals surface area (Å²) in [4.78, 5) is 12.0. The monoisotopic (exact) mass is 234 g/mol. The number of nitrogens with zero attached hydrogens (tertiary/aromatic N) is 1. The molecule has 1 fully saturated rings. The fourth-order valence-electron chi connectivity index (χ4n) is 2.29. The number of carbonyl (C=O) groups excluding carboxylic acids is 1. The van der Waals surface area contributed by atoms with Crippen LogP contribution in [0.5, 0.6) is 0 Å². The molecule has 2 rings (SSSR count). The van der Waals surface area contributed by atoms with Gasteiger partial charge in [-0.1, -0.05) is 12.8 Å². The first-order valence-electron chi connectivity index (χ1n) is 6.46. The summed E-state index contributed by atoms with van der Waals surface area (Å²) in [6.45, 7) is 6.39. The Morgan fingerprint density at radius 3 is 2.53 bits per heavy atom. The van der Waals surface area contributed by atoms with Crippen LogP contribution >= 0.6 is 0 Å². The second-order valence-corrected chi connectivity index (χ2v) is 5.93. The Bertz CT molecular complexity index is 395. The van der Waals surface area contributed by atoms with E-state index in [9.17, 15) is 4.79 Å². The lowest BCUT2D eigenvalue weighted by molar-refractivity contribution is 0.0937. The molecule has 1 saturated carbocycles. The zero-order valence-electron chi connectivity index (χ0n) is 11.0. The molecule has 1 aromatic heterocycles. The third-order valence-corrected chi connectivity index (χ3v) is 3.42.